The number of anilines is 1. The van der Waals surface area contributed by atoms with Crippen molar-refractivity contribution < 1.29 is 13.9 Å². The Morgan fingerprint density at radius 3 is 2.81 bits per heavy atom. The quantitative estimate of drug-likeness (QED) is 0.835. The van der Waals surface area contributed by atoms with Crippen molar-refractivity contribution in [2.45, 2.75) is 31.9 Å². The van der Waals surface area contributed by atoms with Gasteiger partial charge in [-0.2, -0.15) is 0 Å². The molecule has 1 atom stereocenters. The Hall–Kier alpha value is -2.31. The maximum atomic E-state index is 13.2. The number of morpholine rings is 1. The van der Waals surface area contributed by atoms with Gasteiger partial charge >= 0.3 is 0 Å². The topological polar surface area (TPSA) is 45.7 Å². The summed E-state index contributed by atoms with van der Waals surface area (Å²) in [6.45, 7) is 5.17. The van der Waals surface area contributed by atoms with Gasteiger partial charge in [-0.1, -0.05) is 6.07 Å². The third-order valence-corrected chi connectivity index (χ3v) is 5.50. The van der Waals surface area contributed by atoms with E-state index in [1.54, 1.807) is 17.0 Å². The van der Waals surface area contributed by atoms with Crippen LogP contribution in [0.25, 0.3) is 0 Å². The van der Waals surface area contributed by atoms with Crippen molar-refractivity contribution in [2.24, 2.45) is 0 Å². The molecule has 1 unspecified atom stereocenters. The molecule has 0 N–H and O–H groups in total. The first-order valence-electron chi connectivity index (χ1n) is 9.37. The minimum Gasteiger partial charge on any atom is -0.362 e. The lowest BCUT2D eigenvalue weighted by molar-refractivity contribution is -0.146. The highest BCUT2D eigenvalue weighted by Crippen LogP contribution is 2.32. The standard InChI is InChI=1S/C21H24FN3O2/c1-16-4-2-10-23-19(16)12-24-11-3-9-21(14-24)15-25(20(26)13-27-21)18-7-5-17(22)6-8-18/h2,4-8,10H,3,9,11-15H2,1H3. The van der Waals surface area contributed by atoms with Crippen LogP contribution in [0.2, 0.25) is 0 Å². The Kier molecular flexibility index (Phi) is 4.93. The van der Waals surface area contributed by atoms with E-state index in [2.05, 4.69) is 22.9 Å². The van der Waals surface area contributed by atoms with Crippen molar-refractivity contribution in [3.05, 3.63) is 59.7 Å². The molecule has 2 aliphatic heterocycles. The van der Waals surface area contributed by atoms with Crippen molar-refractivity contribution in [2.75, 3.05) is 31.1 Å². The highest BCUT2D eigenvalue weighted by Gasteiger charge is 2.43. The third kappa shape index (κ3) is 3.87. The molecule has 2 saturated heterocycles. The zero-order chi connectivity index (χ0) is 18.9. The Morgan fingerprint density at radius 1 is 1.22 bits per heavy atom. The molecule has 0 aliphatic carbocycles. The number of aromatic nitrogens is 1. The fourth-order valence-electron chi connectivity index (χ4n) is 4.04. The van der Waals surface area contributed by atoms with Crippen molar-refractivity contribution in [1.29, 1.82) is 0 Å². The maximum Gasteiger partial charge on any atom is 0.253 e. The van der Waals surface area contributed by atoms with E-state index in [1.165, 1.54) is 17.7 Å². The van der Waals surface area contributed by atoms with Crippen molar-refractivity contribution in [3.63, 3.8) is 0 Å². The van der Waals surface area contributed by atoms with Crippen LogP contribution < -0.4 is 4.90 Å². The molecule has 1 aromatic carbocycles. The molecule has 0 saturated carbocycles. The molecule has 2 aliphatic rings. The average molecular weight is 369 g/mol. The van der Waals surface area contributed by atoms with Crippen LogP contribution in [0.1, 0.15) is 24.1 Å². The van der Waals surface area contributed by atoms with Gasteiger partial charge < -0.3 is 9.64 Å². The first-order chi connectivity index (χ1) is 13.0. The van der Waals surface area contributed by atoms with E-state index in [0.717, 1.165) is 43.9 Å². The van der Waals surface area contributed by atoms with Gasteiger partial charge in [0, 0.05) is 25.0 Å². The summed E-state index contributed by atoms with van der Waals surface area (Å²) < 4.78 is 19.3. The molecule has 1 aromatic heterocycles. The molecule has 0 bridgehead atoms. The summed E-state index contributed by atoms with van der Waals surface area (Å²) >= 11 is 0. The second kappa shape index (κ2) is 7.37. The molecular weight excluding hydrogens is 345 g/mol. The lowest BCUT2D eigenvalue weighted by atomic mass is 9.90. The summed E-state index contributed by atoms with van der Waals surface area (Å²) in [5.41, 5.74) is 2.60. The van der Waals surface area contributed by atoms with E-state index in [4.69, 9.17) is 4.74 Å². The van der Waals surface area contributed by atoms with Crippen LogP contribution in [0.3, 0.4) is 0 Å². The number of nitrogens with zero attached hydrogens (tertiary/aromatic N) is 3. The fraction of sp³-hybridized carbons (Fsp3) is 0.429. The number of hydrogen-bond acceptors (Lipinski definition) is 4. The summed E-state index contributed by atoms with van der Waals surface area (Å²) in [4.78, 5) is 21.0. The van der Waals surface area contributed by atoms with Crippen molar-refractivity contribution in [3.8, 4) is 0 Å². The SMILES string of the molecule is Cc1cccnc1CN1CCCC2(C1)CN(c1ccc(F)cc1)C(=O)CO2. The van der Waals surface area contributed by atoms with E-state index in [1.807, 2.05) is 12.3 Å². The van der Waals surface area contributed by atoms with Gasteiger partial charge in [-0.25, -0.2) is 4.39 Å². The minimum absolute atomic E-state index is 0.0633. The number of pyridine rings is 1. The fourth-order valence-corrected chi connectivity index (χ4v) is 4.04. The first kappa shape index (κ1) is 18.1. The van der Waals surface area contributed by atoms with Crippen LogP contribution >= 0.6 is 0 Å². The van der Waals surface area contributed by atoms with Gasteiger partial charge in [0.15, 0.2) is 0 Å². The normalized spacial score (nSPS) is 23.8. The average Bonchev–Trinajstić information content (AvgIpc) is 2.67. The van der Waals surface area contributed by atoms with Gasteiger partial charge in [-0.3, -0.25) is 14.7 Å². The number of carbonyl (C=O) groups excluding carboxylic acids is 1. The second-order valence-electron chi connectivity index (χ2n) is 7.51. The Morgan fingerprint density at radius 2 is 2.04 bits per heavy atom. The lowest BCUT2D eigenvalue weighted by Crippen LogP contribution is -2.61. The Bertz CT molecular complexity index is 826. The summed E-state index contributed by atoms with van der Waals surface area (Å²) in [7, 11) is 0. The van der Waals surface area contributed by atoms with Crippen LogP contribution in [0.4, 0.5) is 10.1 Å². The number of carbonyl (C=O) groups is 1. The highest BCUT2D eigenvalue weighted by molar-refractivity contribution is 5.95. The highest BCUT2D eigenvalue weighted by atomic mass is 19.1. The maximum absolute atomic E-state index is 13.2. The zero-order valence-electron chi connectivity index (χ0n) is 15.5. The number of ether oxygens (including phenoxy) is 1. The third-order valence-electron chi connectivity index (χ3n) is 5.50. The van der Waals surface area contributed by atoms with E-state index < -0.39 is 0 Å². The Balaban J connectivity index is 1.51. The van der Waals surface area contributed by atoms with Crippen LogP contribution in [0.15, 0.2) is 42.6 Å². The van der Waals surface area contributed by atoms with Crippen molar-refractivity contribution in [1.82, 2.24) is 9.88 Å². The molecule has 2 aromatic rings. The summed E-state index contributed by atoms with van der Waals surface area (Å²) in [5.74, 6) is -0.381. The molecule has 2 fully saturated rings. The zero-order valence-corrected chi connectivity index (χ0v) is 15.5. The molecule has 1 spiro atoms. The van der Waals surface area contributed by atoms with Crippen LogP contribution in [-0.4, -0.2) is 47.6 Å². The summed E-state index contributed by atoms with van der Waals surface area (Å²) in [6, 6.07) is 10.1. The van der Waals surface area contributed by atoms with Gasteiger partial charge in [0.25, 0.3) is 5.91 Å². The molecule has 27 heavy (non-hydrogen) atoms. The summed E-state index contributed by atoms with van der Waals surface area (Å²) in [5, 5.41) is 0. The Labute approximate surface area is 158 Å². The molecule has 5 nitrogen and oxygen atoms in total. The van der Waals surface area contributed by atoms with Gasteiger partial charge in [0.2, 0.25) is 0 Å². The predicted molar refractivity (Wildman–Crippen MR) is 101 cm³/mol. The van der Waals surface area contributed by atoms with Crippen LogP contribution in [-0.2, 0) is 16.1 Å². The predicted octanol–water partition coefficient (Wildman–Crippen LogP) is 2.93. The van der Waals surface area contributed by atoms with E-state index >= 15 is 0 Å². The number of rotatable bonds is 3. The van der Waals surface area contributed by atoms with Gasteiger partial charge in [-0.15, -0.1) is 0 Å². The summed E-state index contributed by atoms with van der Waals surface area (Å²) in [6.07, 6.45) is 3.75. The number of likely N-dealkylation sites (tertiary alicyclic amines) is 1. The lowest BCUT2D eigenvalue weighted by Gasteiger charge is -2.47. The van der Waals surface area contributed by atoms with E-state index in [9.17, 15) is 9.18 Å². The minimum atomic E-state index is -0.386. The number of aryl methyl sites for hydroxylation is 1. The van der Waals surface area contributed by atoms with Gasteiger partial charge in [0.05, 0.1) is 17.8 Å². The molecule has 0 radical (unpaired) electrons. The van der Waals surface area contributed by atoms with Gasteiger partial charge in [0.1, 0.15) is 12.4 Å². The largest absolute Gasteiger partial charge is 0.362 e. The van der Waals surface area contributed by atoms with E-state index in [0.29, 0.717) is 6.54 Å². The molecule has 142 valence electrons. The molecule has 1 amide bonds. The number of piperidine rings is 1. The van der Waals surface area contributed by atoms with Gasteiger partial charge in [-0.05, 0) is 62.2 Å². The molecule has 4 rings (SSSR count). The molecule has 3 heterocycles. The van der Waals surface area contributed by atoms with Crippen LogP contribution in [0, 0.1) is 12.7 Å². The van der Waals surface area contributed by atoms with Crippen molar-refractivity contribution >= 4 is 11.6 Å². The second-order valence-corrected chi connectivity index (χ2v) is 7.51. The molecule has 6 heteroatoms. The first-order valence-corrected chi connectivity index (χ1v) is 9.37. The number of hydrogen-bond donors (Lipinski definition) is 0. The number of benzene rings is 1. The number of halogens is 1. The monoisotopic (exact) mass is 369 g/mol. The smallest absolute Gasteiger partial charge is 0.253 e. The van der Waals surface area contributed by atoms with E-state index in [-0.39, 0.29) is 23.9 Å². The van der Waals surface area contributed by atoms with Crippen LogP contribution in [0.5, 0.6) is 0 Å². The molecular formula is C21H24FN3O2. The number of amides is 1.